The normalized spacial score (nSPS) is 10.1. The first-order valence-corrected chi connectivity index (χ1v) is 5.85. The number of nitrogens with two attached hydrogens (primary N) is 1. The van der Waals surface area contributed by atoms with Crippen LogP contribution in [0.2, 0.25) is 0 Å². The van der Waals surface area contributed by atoms with Gasteiger partial charge in [-0.2, -0.15) is 0 Å². The van der Waals surface area contributed by atoms with Crippen molar-refractivity contribution in [1.82, 2.24) is 0 Å². The number of nitrogen functional groups attached to an aromatic ring is 1. The summed E-state index contributed by atoms with van der Waals surface area (Å²) in [5.74, 6) is 1.11. The van der Waals surface area contributed by atoms with Crippen molar-refractivity contribution in [2.45, 2.75) is 6.92 Å². The predicted octanol–water partition coefficient (Wildman–Crippen LogP) is 2.98. The molecule has 20 heavy (non-hydrogen) atoms. The summed E-state index contributed by atoms with van der Waals surface area (Å²) in [4.78, 5) is 10.2. The number of nitrogens with one attached hydrogen (secondary N) is 1. The molecule has 0 saturated carbocycles. The van der Waals surface area contributed by atoms with Gasteiger partial charge in [0.1, 0.15) is 17.3 Å². The SMILES string of the molecule is Cc1cc([N+](=O)[O-])ccc1Oc1ccc(C(=N)N)cc1. The van der Waals surface area contributed by atoms with Crippen LogP contribution in [0.1, 0.15) is 11.1 Å². The maximum atomic E-state index is 10.7. The summed E-state index contributed by atoms with van der Waals surface area (Å²) >= 11 is 0. The predicted molar refractivity (Wildman–Crippen MR) is 75.4 cm³/mol. The fraction of sp³-hybridized carbons (Fsp3) is 0.0714. The average molecular weight is 271 g/mol. The van der Waals surface area contributed by atoms with Gasteiger partial charge in [0.25, 0.3) is 5.69 Å². The topological polar surface area (TPSA) is 102 Å². The molecule has 6 heteroatoms. The number of ether oxygens (including phenoxy) is 1. The molecule has 0 radical (unpaired) electrons. The van der Waals surface area contributed by atoms with Crippen LogP contribution in [-0.4, -0.2) is 10.8 Å². The van der Waals surface area contributed by atoms with E-state index in [0.717, 1.165) is 0 Å². The van der Waals surface area contributed by atoms with E-state index in [4.69, 9.17) is 15.9 Å². The highest BCUT2D eigenvalue weighted by Gasteiger charge is 2.09. The van der Waals surface area contributed by atoms with Gasteiger partial charge in [0, 0.05) is 17.7 Å². The fourth-order valence-electron chi connectivity index (χ4n) is 1.69. The lowest BCUT2D eigenvalue weighted by molar-refractivity contribution is -0.384. The number of amidine groups is 1. The number of hydrogen-bond acceptors (Lipinski definition) is 4. The van der Waals surface area contributed by atoms with Gasteiger partial charge in [-0.25, -0.2) is 0 Å². The van der Waals surface area contributed by atoms with Crippen LogP contribution in [0, 0.1) is 22.4 Å². The molecule has 6 nitrogen and oxygen atoms in total. The van der Waals surface area contributed by atoms with Crippen molar-refractivity contribution < 1.29 is 9.66 Å². The van der Waals surface area contributed by atoms with Crippen molar-refractivity contribution in [1.29, 1.82) is 5.41 Å². The lowest BCUT2D eigenvalue weighted by atomic mass is 10.2. The van der Waals surface area contributed by atoms with Gasteiger partial charge in [-0.15, -0.1) is 0 Å². The first kappa shape index (κ1) is 13.5. The molecular formula is C14H13N3O3. The highest BCUT2D eigenvalue weighted by molar-refractivity contribution is 5.94. The Morgan fingerprint density at radius 2 is 1.90 bits per heavy atom. The third kappa shape index (κ3) is 2.92. The van der Waals surface area contributed by atoms with E-state index in [0.29, 0.717) is 22.6 Å². The molecule has 0 heterocycles. The molecule has 0 saturated heterocycles. The van der Waals surface area contributed by atoms with Crippen LogP contribution >= 0.6 is 0 Å². The Balaban J connectivity index is 2.21. The van der Waals surface area contributed by atoms with E-state index in [9.17, 15) is 10.1 Å². The molecule has 0 fully saturated rings. The van der Waals surface area contributed by atoms with Crippen molar-refractivity contribution in [2.75, 3.05) is 0 Å². The number of nitro groups is 1. The quantitative estimate of drug-likeness (QED) is 0.386. The second-order valence-corrected chi connectivity index (χ2v) is 4.25. The molecule has 0 aliphatic rings. The smallest absolute Gasteiger partial charge is 0.269 e. The summed E-state index contributed by atoms with van der Waals surface area (Å²) < 4.78 is 5.64. The zero-order valence-electron chi connectivity index (χ0n) is 10.8. The average Bonchev–Trinajstić information content (AvgIpc) is 2.41. The van der Waals surface area contributed by atoms with Crippen molar-refractivity contribution in [3.05, 3.63) is 63.7 Å². The summed E-state index contributed by atoms with van der Waals surface area (Å²) in [6.07, 6.45) is 0. The Hall–Kier alpha value is -2.89. The molecule has 0 aliphatic heterocycles. The highest BCUT2D eigenvalue weighted by Crippen LogP contribution is 2.28. The second-order valence-electron chi connectivity index (χ2n) is 4.25. The molecule has 0 bridgehead atoms. The molecule has 0 aromatic heterocycles. The number of nitrogens with zero attached hydrogens (tertiary/aromatic N) is 1. The molecule has 2 aromatic rings. The molecule has 0 atom stereocenters. The van der Waals surface area contributed by atoms with Gasteiger partial charge in [-0.3, -0.25) is 15.5 Å². The molecule has 0 aliphatic carbocycles. The minimum Gasteiger partial charge on any atom is -0.457 e. The maximum Gasteiger partial charge on any atom is 0.269 e. The van der Waals surface area contributed by atoms with E-state index in [-0.39, 0.29) is 11.5 Å². The van der Waals surface area contributed by atoms with Gasteiger partial charge in [0.05, 0.1) is 4.92 Å². The van der Waals surface area contributed by atoms with Crippen LogP contribution in [0.5, 0.6) is 11.5 Å². The molecule has 0 amide bonds. The van der Waals surface area contributed by atoms with E-state index in [1.54, 1.807) is 37.3 Å². The van der Waals surface area contributed by atoms with Gasteiger partial charge in [-0.05, 0) is 42.8 Å². The summed E-state index contributed by atoms with van der Waals surface area (Å²) in [5.41, 5.74) is 6.68. The van der Waals surface area contributed by atoms with E-state index in [1.807, 2.05) is 0 Å². The molecular weight excluding hydrogens is 258 g/mol. The fourth-order valence-corrected chi connectivity index (χ4v) is 1.69. The highest BCUT2D eigenvalue weighted by atomic mass is 16.6. The van der Waals surface area contributed by atoms with Crippen LogP contribution in [0.15, 0.2) is 42.5 Å². The molecule has 3 N–H and O–H groups in total. The van der Waals surface area contributed by atoms with Gasteiger partial charge >= 0.3 is 0 Å². The van der Waals surface area contributed by atoms with Crippen molar-refractivity contribution in [2.24, 2.45) is 5.73 Å². The number of rotatable bonds is 4. The van der Waals surface area contributed by atoms with Gasteiger partial charge < -0.3 is 10.5 Å². The van der Waals surface area contributed by atoms with Gasteiger partial charge in [0.15, 0.2) is 0 Å². The van der Waals surface area contributed by atoms with Crippen LogP contribution in [-0.2, 0) is 0 Å². The monoisotopic (exact) mass is 271 g/mol. The Labute approximate surface area is 115 Å². The minimum atomic E-state index is -0.446. The first-order valence-electron chi connectivity index (χ1n) is 5.85. The summed E-state index contributed by atoms with van der Waals surface area (Å²) in [5, 5.41) is 18.0. The lowest BCUT2D eigenvalue weighted by Crippen LogP contribution is -2.10. The summed E-state index contributed by atoms with van der Waals surface area (Å²) in [7, 11) is 0. The second kappa shape index (κ2) is 5.40. The largest absolute Gasteiger partial charge is 0.457 e. The molecule has 2 rings (SSSR count). The Morgan fingerprint density at radius 1 is 1.25 bits per heavy atom. The third-order valence-electron chi connectivity index (χ3n) is 2.76. The Morgan fingerprint density at radius 3 is 2.40 bits per heavy atom. The minimum absolute atomic E-state index is 0.0110. The van der Waals surface area contributed by atoms with Crippen LogP contribution < -0.4 is 10.5 Å². The summed E-state index contributed by atoms with van der Waals surface area (Å²) in [6.45, 7) is 1.74. The van der Waals surface area contributed by atoms with E-state index in [2.05, 4.69) is 0 Å². The van der Waals surface area contributed by atoms with Gasteiger partial charge in [0.2, 0.25) is 0 Å². The van der Waals surface area contributed by atoms with Gasteiger partial charge in [-0.1, -0.05) is 0 Å². The standard InChI is InChI=1S/C14H13N3O3/c1-9-8-11(17(18)19)4-7-13(9)20-12-5-2-10(3-6-12)14(15)16/h2-8H,1H3,(H3,15,16). The molecule has 0 spiro atoms. The number of aryl methyl sites for hydroxylation is 1. The van der Waals surface area contributed by atoms with Crippen molar-refractivity contribution in [3.8, 4) is 11.5 Å². The number of nitro benzene ring substituents is 1. The van der Waals surface area contributed by atoms with Crippen LogP contribution in [0.3, 0.4) is 0 Å². The zero-order valence-corrected chi connectivity index (χ0v) is 10.8. The Bertz CT molecular complexity index is 666. The van der Waals surface area contributed by atoms with E-state index >= 15 is 0 Å². The number of non-ortho nitro benzene ring substituents is 1. The zero-order chi connectivity index (χ0) is 14.7. The maximum absolute atomic E-state index is 10.7. The third-order valence-corrected chi connectivity index (χ3v) is 2.76. The van der Waals surface area contributed by atoms with Crippen LogP contribution in [0.25, 0.3) is 0 Å². The van der Waals surface area contributed by atoms with Crippen molar-refractivity contribution >= 4 is 11.5 Å². The van der Waals surface area contributed by atoms with E-state index < -0.39 is 4.92 Å². The Kier molecular flexibility index (Phi) is 3.65. The van der Waals surface area contributed by atoms with Crippen molar-refractivity contribution in [3.63, 3.8) is 0 Å². The van der Waals surface area contributed by atoms with E-state index in [1.165, 1.54) is 12.1 Å². The lowest BCUT2D eigenvalue weighted by Gasteiger charge is -2.09. The number of benzene rings is 2. The first-order chi connectivity index (χ1) is 9.47. The van der Waals surface area contributed by atoms with Crippen LogP contribution in [0.4, 0.5) is 5.69 Å². The molecule has 2 aromatic carbocycles. The summed E-state index contributed by atoms with van der Waals surface area (Å²) in [6, 6.07) is 11.2. The number of hydrogen-bond donors (Lipinski definition) is 2. The molecule has 102 valence electrons. The molecule has 0 unspecified atom stereocenters.